The summed E-state index contributed by atoms with van der Waals surface area (Å²) in [6.45, 7) is 0.640. The number of urea groups is 1. The predicted molar refractivity (Wildman–Crippen MR) is 73.1 cm³/mol. The fourth-order valence-corrected chi connectivity index (χ4v) is 1.36. The SMILES string of the molecule is COCCNC(=O)NC(=O)CNc1cccc(C#N)c1. The van der Waals surface area contributed by atoms with Crippen LogP contribution in [0.4, 0.5) is 10.5 Å². The highest BCUT2D eigenvalue weighted by Gasteiger charge is 2.06. The summed E-state index contributed by atoms with van der Waals surface area (Å²) in [4.78, 5) is 22.8. The van der Waals surface area contributed by atoms with E-state index in [-0.39, 0.29) is 6.54 Å². The molecule has 0 saturated carbocycles. The van der Waals surface area contributed by atoms with Crippen LogP contribution in [-0.2, 0) is 9.53 Å². The second kappa shape index (κ2) is 8.50. The largest absolute Gasteiger partial charge is 0.383 e. The highest BCUT2D eigenvalue weighted by molar-refractivity contribution is 5.96. The van der Waals surface area contributed by atoms with Crippen LogP contribution in [-0.4, -0.2) is 38.7 Å². The molecule has 0 fully saturated rings. The second-order valence-electron chi connectivity index (χ2n) is 3.84. The molecule has 0 bridgehead atoms. The first kappa shape index (κ1) is 15.5. The summed E-state index contributed by atoms with van der Waals surface area (Å²) in [5.74, 6) is -0.470. The maximum absolute atomic E-state index is 11.5. The number of nitriles is 1. The molecule has 106 valence electrons. The van der Waals surface area contributed by atoms with Crippen molar-refractivity contribution in [1.29, 1.82) is 5.26 Å². The van der Waals surface area contributed by atoms with E-state index in [0.29, 0.717) is 24.4 Å². The Balaban J connectivity index is 2.32. The highest BCUT2D eigenvalue weighted by Crippen LogP contribution is 2.08. The molecule has 7 nitrogen and oxygen atoms in total. The van der Waals surface area contributed by atoms with Crippen LogP contribution in [0, 0.1) is 11.3 Å². The number of benzene rings is 1. The monoisotopic (exact) mass is 276 g/mol. The molecule has 0 radical (unpaired) electrons. The van der Waals surface area contributed by atoms with Gasteiger partial charge in [-0.05, 0) is 18.2 Å². The van der Waals surface area contributed by atoms with Gasteiger partial charge in [0.2, 0.25) is 5.91 Å². The first-order valence-electron chi connectivity index (χ1n) is 5.96. The molecular weight excluding hydrogens is 260 g/mol. The molecule has 1 rings (SSSR count). The molecule has 0 aliphatic carbocycles. The molecule has 0 saturated heterocycles. The van der Waals surface area contributed by atoms with E-state index in [4.69, 9.17) is 10.00 Å². The third-order valence-corrected chi connectivity index (χ3v) is 2.29. The zero-order valence-corrected chi connectivity index (χ0v) is 11.1. The number of methoxy groups -OCH3 is 1. The molecule has 0 spiro atoms. The minimum Gasteiger partial charge on any atom is -0.383 e. The topological polar surface area (TPSA) is 103 Å². The molecule has 3 N–H and O–H groups in total. The van der Waals surface area contributed by atoms with Gasteiger partial charge in [-0.3, -0.25) is 10.1 Å². The van der Waals surface area contributed by atoms with Crippen molar-refractivity contribution in [3.63, 3.8) is 0 Å². The smallest absolute Gasteiger partial charge is 0.321 e. The zero-order chi connectivity index (χ0) is 14.8. The van der Waals surface area contributed by atoms with Crippen LogP contribution < -0.4 is 16.0 Å². The van der Waals surface area contributed by atoms with Crippen LogP contribution in [0.25, 0.3) is 0 Å². The summed E-state index contributed by atoms with van der Waals surface area (Å²) in [7, 11) is 1.52. The molecule has 0 unspecified atom stereocenters. The first-order chi connectivity index (χ1) is 9.65. The quantitative estimate of drug-likeness (QED) is 0.654. The third-order valence-electron chi connectivity index (χ3n) is 2.29. The van der Waals surface area contributed by atoms with E-state index in [1.807, 2.05) is 6.07 Å². The Labute approximate surface area is 116 Å². The Morgan fingerprint density at radius 2 is 2.20 bits per heavy atom. The van der Waals surface area contributed by atoms with Crippen molar-refractivity contribution >= 4 is 17.6 Å². The first-order valence-corrected chi connectivity index (χ1v) is 5.96. The molecule has 0 aromatic heterocycles. The molecule has 7 heteroatoms. The number of amides is 3. The minimum atomic E-state index is -0.570. The number of nitrogens with one attached hydrogen (secondary N) is 3. The molecule has 0 aliphatic rings. The van der Waals surface area contributed by atoms with Crippen LogP contribution in [0.3, 0.4) is 0 Å². The summed E-state index contributed by atoms with van der Waals surface area (Å²) in [5, 5.41) is 16.2. The zero-order valence-electron chi connectivity index (χ0n) is 11.1. The predicted octanol–water partition coefficient (Wildman–Crippen LogP) is 0.442. The number of nitrogens with zero attached hydrogens (tertiary/aromatic N) is 1. The Morgan fingerprint density at radius 1 is 1.40 bits per heavy atom. The van der Waals surface area contributed by atoms with Crippen LogP contribution >= 0.6 is 0 Å². The molecule has 0 atom stereocenters. The van der Waals surface area contributed by atoms with E-state index < -0.39 is 11.9 Å². The van der Waals surface area contributed by atoms with Gasteiger partial charge >= 0.3 is 6.03 Å². The van der Waals surface area contributed by atoms with Crippen molar-refractivity contribution in [3.05, 3.63) is 29.8 Å². The van der Waals surface area contributed by atoms with E-state index in [9.17, 15) is 9.59 Å². The van der Waals surface area contributed by atoms with Gasteiger partial charge in [-0.1, -0.05) is 6.07 Å². The van der Waals surface area contributed by atoms with E-state index in [1.54, 1.807) is 24.3 Å². The van der Waals surface area contributed by atoms with Crippen molar-refractivity contribution in [2.24, 2.45) is 0 Å². The van der Waals surface area contributed by atoms with Crippen LogP contribution in [0.15, 0.2) is 24.3 Å². The average Bonchev–Trinajstić information content (AvgIpc) is 2.45. The van der Waals surface area contributed by atoms with Gasteiger partial charge < -0.3 is 15.4 Å². The standard InChI is InChI=1S/C13H16N4O3/c1-20-6-5-15-13(19)17-12(18)9-16-11-4-2-3-10(7-11)8-14/h2-4,7,16H,5-6,9H2,1H3,(H2,15,17,18,19). The summed E-state index contributed by atoms with van der Waals surface area (Å²) in [6.07, 6.45) is 0. The molecular formula is C13H16N4O3. The van der Waals surface area contributed by atoms with Crippen molar-refractivity contribution in [3.8, 4) is 6.07 Å². The van der Waals surface area contributed by atoms with Crippen LogP contribution in [0.1, 0.15) is 5.56 Å². The fourth-order valence-electron chi connectivity index (χ4n) is 1.36. The Bertz CT molecular complexity index is 511. The number of imide groups is 1. The minimum absolute atomic E-state index is 0.0629. The lowest BCUT2D eigenvalue weighted by atomic mass is 10.2. The number of ether oxygens (including phenoxy) is 1. The molecule has 0 aliphatic heterocycles. The summed E-state index contributed by atoms with van der Waals surface area (Å²) in [6, 6.07) is 8.14. The Kier molecular flexibility index (Phi) is 6.57. The fraction of sp³-hybridized carbons (Fsp3) is 0.308. The van der Waals surface area contributed by atoms with Crippen LogP contribution in [0.2, 0.25) is 0 Å². The molecule has 20 heavy (non-hydrogen) atoms. The summed E-state index contributed by atoms with van der Waals surface area (Å²) >= 11 is 0. The van der Waals surface area contributed by atoms with E-state index in [2.05, 4.69) is 16.0 Å². The number of hydrogen-bond donors (Lipinski definition) is 3. The molecule has 1 aromatic carbocycles. The number of carbonyl (C=O) groups is 2. The van der Waals surface area contributed by atoms with E-state index >= 15 is 0 Å². The highest BCUT2D eigenvalue weighted by atomic mass is 16.5. The number of hydrogen-bond acceptors (Lipinski definition) is 5. The Hall–Kier alpha value is -2.59. The molecule has 1 aromatic rings. The van der Waals surface area contributed by atoms with Gasteiger partial charge in [-0.15, -0.1) is 0 Å². The van der Waals surface area contributed by atoms with E-state index in [0.717, 1.165) is 0 Å². The second-order valence-corrected chi connectivity index (χ2v) is 3.84. The van der Waals surface area contributed by atoms with Gasteiger partial charge in [-0.2, -0.15) is 5.26 Å². The lowest BCUT2D eigenvalue weighted by molar-refractivity contribution is -0.118. The lowest BCUT2D eigenvalue weighted by Crippen LogP contribution is -2.42. The van der Waals surface area contributed by atoms with Gasteiger partial charge in [-0.25, -0.2) is 4.79 Å². The summed E-state index contributed by atoms with van der Waals surface area (Å²) < 4.78 is 4.76. The number of carbonyl (C=O) groups excluding carboxylic acids is 2. The van der Waals surface area contributed by atoms with Gasteiger partial charge in [0.15, 0.2) is 0 Å². The van der Waals surface area contributed by atoms with Gasteiger partial charge in [0, 0.05) is 19.3 Å². The maximum Gasteiger partial charge on any atom is 0.321 e. The Morgan fingerprint density at radius 3 is 2.90 bits per heavy atom. The average molecular weight is 276 g/mol. The van der Waals surface area contributed by atoms with Crippen molar-refractivity contribution in [2.45, 2.75) is 0 Å². The number of anilines is 1. The van der Waals surface area contributed by atoms with E-state index in [1.165, 1.54) is 7.11 Å². The molecule has 3 amide bonds. The van der Waals surface area contributed by atoms with Crippen LogP contribution in [0.5, 0.6) is 0 Å². The number of rotatable bonds is 6. The van der Waals surface area contributed by atoms with Gasteiger partial charge in [0.05, 0.1) is 24.8 Å². The van der Waals surface area contributed by atoms with Crippen molar-refractivity contribution in [1.82, 2.24) is 10.6 Å². The maximum atomic E-state index is 11.5. The normalized spacial score (nSPS) is 9.40. The summed E-state index contributed by atoms with van der Waals surface area (Å²) in [5.41, 5.74) is 1.13. The van der Waals surface area contributed by atoms with Crippen molar-refractivity contribution < 1.29 is 14.3 Å². The lowest BCUT2D eigenvalue weighted by Gasteiger charge is -2.08. The third kappa shape index (κ3) is 5.84. The van der Waals surface area contributed by atoms with Gasteiger partial charge in [0.1, 0.15) is 0 Å². The van der Waals surface area contributed by atoms with Crippen molar-refractivity contribution in [2.75, 3.05) is 32.1 Å². The van der Waals surface area contributed by atoms with Gasteiger partial charge in [0.25, 0.3) is 0 Å². The molecule has 0 heterocycles.